The van der Waals surface area contributed by atoms with Gasteiger partial charge in [0.1, 0.15) is 11.5 Å². The van der Waals surface area contributed by atoms with E-state index in [1.165, 1.54) is 56.1 Å². The highest BCUT2D eigenvalue weighted by molar-refractivity contribution is 5.50. The van der Waals surface area contributed by atoms with E-state index in [0.717, 1.165) is 17.9 Å². The van der Waals surface area contributed by atoms with Gasteiger partial charge in [-0.25, -0.2) is 0 Å². The van der Waals surface area contributed by atoms with Crippen LogP contribution in [0.25, 0.3) is 0 Å². The van der Waals surface area contributed by atoms with Gasteiger partial charge in [-0.05, 0) is 43.7 Å². The molecule has 0 aromatic heterocycles. The molecule has 23 heavy (non-hydrogen) atoms. The van der Waals surface area contributed by atoms with Gasteiger partial charge in [0.05, 0.1) is 14.2 Å². The topological polar surface area (TPSA) is 18.5 Å². The van der Waals surface area contributed by atoms with Gasteiger partial charge in [0.2, 0.25) is 0 Å². The summed E-state index contributed by atoms with van der Waals surface area (Å²) in [5.74, 6) is 2.28. The van der Waals surface area contributed by atoms with Crippen LogP contribution in [-0.4, -0.2) is 14.2 Å². The normalized spacial score (nSPS) is 17.7. The number of aryl methyl sites for hydroxylation is 1. The smallest absolute Gasteiger partial charge is 0.126 e. The van der Waals surface area contributed by atoms with Crippen LogP contribution in [0.1, 0.15) is 75.8 Å². The molecule has 0 amide bonds. The predicted octanol–water partition coefficient (Wildman–Crippen LogP) is 6.04. The molecule has 1 unspecified atom stereocenters. The Balaban J connectivity index is 2.21. The van der Waals surface area contributed by atoms with Crippen LogP contribution < -0.4 is 9.47 Å². The molecule has 0 N–H and O–H groups in total. The van der Waals surface area contributed by atoms with E-state index in [2.05, 4.69) is 26.0 Å². The van der Waals surface area contributed by atoms with Crippen molar-refractivity contribution in [1.82, 2.24) is 0 Å². The van der Waals surface area contributed by atoms with Gasteiger partial charge in [-0.15, -0.1) is 0 Å². The first-order valence-corrected chi connectivity index (χ1v) is 9.14. The highest BCUT2D eigenvalue weighted by Gasteiger charge is 2.19. The molecule has 0 aliphatic heterocycles. The molecule has 1 aromatic rings. The van der Waals surface area contributed by atoms with Gasteiger partial charge >= 0.3 is 0 Å². The molecule has 1 atom stereocenters. The van der Waals surface area contributed by atoms with Crippen LogP contribution in [0.15, 0.2) is 23.8 Å². The van der Waals surface area contributed by atoms with E-state index in [4.69, 9.17) is 9.47 Å². The molecule has 1 aromatic carbocycles. The Labute approximate surface area is 141 Å². The van der Waals surface area contributed by atoms with E-state index in [1.807, 2.05) is 6.07 Å². The monoisotopic (exact) mass is 316 g/mol. The number of hydrogen-bond donors (Lipinski definition) is 0. The summed E-state index contributed by atoms with van der Waals surface area (Å²) in [6.07, 6.45) is 12.7. The van der Waals surface area contributed by atoms with Crippen molar-refractivity contribution in [1.29, 1.82) is 0 Å². The van der Waals surface area contributed by atoms with Crippen molar-refractivity contribution in [3.8, 4) is 11.5 Å². The van der Waals surface area contributed by atoms with Crippen LogP contribution >= 0.6 is 0 Å². The Morgan fingerprint density at radius 1 is 1.04 bits per heavy atom. The second kappa shape index (κ2) is 9.00. The number of methoxy groups -OCH3 is 2. The maximum atomic E-state index is 5.66. The Hall–Kier alpha value is -1.44. The lowest BCUT2D eigenvalue weighted by Crippen LogP contribution is -2.06. The van der Waals surface area contributed by atoms with Crippen molar-refractivity contribution in [2.75, 3.05) is 14.2 Å². The zero-order valence-electron chi connectivity index (χ0n) is 15.3. The summed E-state index contributed by atoms with van der Waals surface area (Å²) < 4.78 is 11.1. The first-order valence-electron chi connectivity index (χ1n) is 9.14. The summed E-state index contributed by atoms with van der Waals surface area (Å²) in [7, 11) is 3.48. The van der Waals surface area contributed by atoms with Crippen molar-refractivity contribution >= 4 is 0 Å². The van der Waals surface area contributed by atoms with Crippen LogP contribution in [0.5, 0.6) is 11.5 Å². The van der Waals surface area contributed by atoms with E-state index in [1.54, 1.807) is 19.8 Å². The standard InChI is InChI=1S/C21H32O2/c1-5-6-7-8-10-17-11-9-12-18-14-19(22-3)15-20(23-4)21(18)16(2)13-17/h13-16H,5-12H2,1-4H3. The summed E-state index contributed by atoms with van der Waals surface area (Å²) in [5.41, 5.74) is 4.37. The third kappa shape index (κ3) is 4.76. The molecule has 128 valence electrons. The van der Waals surface area contributed by atoms with Gasteiger partial charge in [0.25, 0.3) is 0 Å². The minimum absolute atomic E-state index is 0.410. The summed E-state index contributed by atoms with van der Waals surface area (Å²) in [6.45, 7) is 4.57. The first kappa shape index (κ1) is 17.9. The van der Waals surface area contributed by atoms with Crippen molar-refractivity contribution < 1.29 is 9.47 Å². The molecule has 0 saturated carbocycles. The van der Waals surface area contributed by atoms with Crippen molar-refractivity contribution in [2.45, 2.75) is 71.1 Å². The van der Waals surface area contributed by atoms with Gasteiger partial charge in [-0.2, -0.15) is 0 Å². The average molecular weight is 316 g/mol. The average Bonchev–Trinajstić information content (AvgIpc) is 2.55. The Morgan fingerprint density at radius 2 is 1.87 bits per heavy atom. The molecule has 2 nitrogen and oxygen atoms in total. The Kier molecular flexibility index (Phi) is 7.01. The van der Waals surface area contributed by atoms with Crippen LogP contribution in [0.4, 0.5) is 0 Å². The number of allylic oxidation sites excluding steroid dienone is 2. The fourth-order valence-corrected chi connectivity index (χ4v) is 3.68. The molecule has 1 aliphatic carbocycles. The molecule has 0 bridgehead atoms. The molecule has 0 heterocycles. The third-order valence-corrected chi connectivity index (χ3v) is 4.89. The summed E-state index contributed by atoms with van der Waals surface area (Å²) in [4.78, 5) is 0. The lowest BCUT2D eigenvalue weighted by molar-refractivity contribution is 0.388. The summed E-state index contributed by atoms with van der Waals surface area (Å²) in [6, 6.07) is 4.21. The van der Waals surface area contributed by atoms with Crippen LogP contribution in [-0.2, 0) is 6.42 Å². The third-order valence-electron chi connectivity index (χ3n) is 4.89. The SMILES string of the molecule is CCCCCCC1=CC(C)c2c(cc(OC)cc2OC)CCC1. The number of ether oxygens (including phenoxy) is 2. The minimum atomic E-state index is 0.410. The van der Waals surface area contributed by atoms with Crippen molar-refractivity contribution in [2.24, 2.45) is 0 Å². The molecule has 0 fully saturated rings. The molecular formula is C21H32O2. The van der Waals surface area contributed by atoms with Gasteiger partial charge < -0.3 is 9.47 Å². The summed E-state index contributed by atoms with van der Waals surface area (Å²) in [5, 5.41) is 0. The van der Waals surface area contributed by atoms with E-state index in [9.17, 15) is 0 Å². The number of rotatable bonds is 7. The van der Waals surface area contributed by atoms with Crippen molar-refractivity contribution in [3.63, 3.8) is 0 Å². The lowest BCUT2D eigenvalue weighted by atomic mass is 9.85. The fraction of sp³-hybridized carbons (Fsp3) is 0.619. The molecule has 0 saturated heterocycles. The molecule has 0 spiro atoms. The number of benzene rings is 1. The van der Waals surface area contributed by atoms with Crippen LogP contribution in [0.2, 0.25) is 0 Å². The first-order chi connectivity index (χ1) is 11.2. The van der Waals surface area contributed by atoms with Crippen LogP contribution in [0.3, 0.4) is 0 Å². The zero-order chi connectivity index (χ0) is 16.7. The fourth-order valence-electron chi connectivity index (χ4n) is 3.68. The van der Waals surface area contributed by atoms with Gasteiger partial charge in [-0.1, -0.05) is 44.8 Å². The van der Waals surface area contributed by atoms with E-state index in [-0.39, 0.29) is 0 Å². The number of hydrogen-bond acceptors (Lipinski definition) is 2. The van der Waals surface area contributed by atoms with E-state index in [0.29, 0.717) is 5.92 Å². The quantitative estimate of drug-likeness (QED) is 0.451. The van der Waals surface area contributed by atoms with Crippen LogP contribution in [0, 0.1) is 0 Å². The van der Waals surface area contributed by atoms with E-state index >= 15 is 0 Å². The number of unbranched alkanes of at least 4 members (excludes halogenated alkanes) is 3. The Bertz CT molecular complexity index is 531. The predicted molar refractivity (Wildman–Crippen MR) is 97.7 cm³/mol. The molecule has 2 rings (SSSR count). The highest BCUT2D eigenvalue weighted by atomic mass is 16.5. The minimum Gasteiger partial charge on any atom is -0.497 e. The zero-order valence-corrected chi connectivity index (χ0v) is 15.3. The molecule has 2 heteroatoms. The maximum absolute atomic E-state index is 5.66. The van der Waals surface area contributed by atoms with Gasteiger partial charge in [0, 0.05) is 17.5 Å². The second-order valence-electron chi connectivity index (χ2n) is 6.68. The molecule has 1 aliphatic rings. The second-order valence-corrected chi connectivity index (χ2v) is 6.68. The lowest BCUT2D eigenvalue weighted by Gasteiger charge is -2.23. The van der Waals surface area contributed by atoms with E-state index < -0.39 is 0 Å². The van der Waals surface area contributed by atoms with Crippen molar-refractivity contribution in [3.05, 3.63) is 34.9 Å². The van der Waals surface area contributed by atoms with Gasteiger partial charge in [-0.3, -0.25) is 0 Å². The largest absolute Gasteiger partial charge is 0.497 e. The Morgan fingerprint density at radius 3 is 2.57 bits per heavy atom. The summed E-state index contributed by atoms with van der Waals surface area (Å²) >= 11 is 0. The molecular weight excluding hydrogens is 284 g/mol. The van der Waals surface area contributed by atoms with Gasteiger partial charge in [0.15, 0.2) is 0 Å². The number of fused-ring (bicyclic) bond motifs is 1. The maximum Gasteiger partial charge on any atom is 0.126 e. The molecule has 0 radical (unpaired) electrons. The highest BCUT2D eigenvalue weighted by Crippen LogP contribution is 2.38.